The Hall–Kier alpha value is -1.13. The van der Waals surface area contributed by atoms with Crippen LogP contribution in [0.3, 0.4) is 0 Å². The van der Waals surface area contributed by atoms with Gasteiger partial charge in [0, 0.05) is 24.8 Å². The summed E-state index contributed by atoms with van der Waals surface area (Å²) in [4.78, 5) is 6.86. The number of nitrogens with one attached hydrogen (secondary N) is 1. The fourth-order valence-electron chi connectivity index (χ4n) is 2.62. The molecule has 0 spiro atoms. The average Bonchev–Trinajstić information content (AvgIpc) is 2.49. The fourth-order valence-corrected chi connectivity index (χ4v) is 2.62. The van der Waals surface area contributed by atoms with Gasteiger partial charge in [-0.2, -0.15) is 0 Å². The third-order valence-electron chi connectivity index (χ3n) is 3.88. The highest BCUT2D eigenvalue weighted by Gasteiger charge is 2.10. The Kier molecular flexibility index (Phi) is 6.27. The van der Waals surface area contributed by atoms with Crippen LogP contribution in [0.25, 0.3) is 0 Å². The van der Waals surface area contributed by atoms with Crippen molar-refractivity contribution >= 4 is 0 Å². The van der Waals surface area contributed by atoms with Crippen LogP contribution in [-0.2, 0) is 0 Å². The van der Waals surface area contributed by atoms with Crippen LogP contribution < -0.4 is 10.1 Å². The van der Waals surface area contributed by atoms with Gasteiger partial charge in [0.2, 0.25) is 5.88 Å². The number of nitrogens with zero attached hydrogens (tertiary/aromatic N) is 2. The maximum absolute atomic E-state index is 5.73. The zero-order valence-corrected chi connectivity index (χ0v) is 12.8. The Balaban J connectivity index is 1.73. The van der Waals surface area contributed by atoms with Crippen LogP contribution in [0.4, 0.5) is 0 Å². The summed E-state index contributed by atoms with van der Waals surface area (Å²) in [6.45, 7) is 9.41. The lowest BCUT2D eigenvalue weighted by atomic mass is 10.1. The highest BCUT2D eigenvalue weighted by molar-refractivity contribution is 5.20. The standard InChI is InChI=1S/C16H27N3O/c1-3-17-14(2)15-7-8-16(18-13-15)20-12-11-19-9-5-4-6-10-19/h7-8,13-14,17H,3-6,9-12H2,1-2H3. The second-order valence-electron chi connectivity index (χ2n) is 5.46. The van der Waals surface area contributed by atoms with Crippen LogP contribution >= 0.6 is 0 Å². The molecule has 0 aromatic carbocycles. The van der Waals surface area contributed by atoms with E-state index in [1.54, 1.807) is 0 Å². The Morgan fingerprint density at radius 3 is 2.75 bits per heavy atom. The van der Waals surface area contributed by atoms with Gasteiger partial charge in [-0.3, -0.25) is 4.90 Å². The van der Waals surface area contributed by atoms with Gasteiger partial charge in [0.05, 0.1) is 0 Å². The van der Waals surface area contributed by atoms with Crippen LogP contribution in [0.5, 0.6) is 5.88 Å². The minimum atomic E-state index is 0.342. The monoisotopic (exact) mass is 277 g/mol. The number of hydrogen-bond donors (Lipinski definition) is 1. The Bertz CT molecular complexity index is 374. The largest absolute Gasteiger partial charge is 0.476 e. The Labute approximate surface area is 122 Å². The topological polar surface area (TPSA) is 37.4 Å². The molecule has 2 heterocycles. The molecule has 1 N–H and O–H groups in total. The zero-order chi connectivity index (χ0) is 14.2. The van der Waals surface area contributed by atoms with Crippen LogP contribution in [0, 0.1) is 0 Å². The molecule has 1 aliphatic heterocycles. The van der Waals surface area contributed by atoms with Crippen molar-refractivity contribution in [2.45, 2.75) is 39.2 Å². The van der Waals surface area contributed by atoms with E-state index in [0.717, 1.165) is 25.6 Å². The maximum atomic E-state index is 5.73. The molecule has 0 radical (unpaired) electrons. The molecular formula is C16H27N3O. The van der Waals surface area contributed by atoms with Crippen molar-refractivity contribution in [1.82, 2.24) is 15.2 Å². The first kappa shape index (κ1) is 15.3. The number of hydrogen-bond acceptors (Lipinski definition) is 4. The lowest BCUT2D eigenvalue weighted by Crippen LogP contribution is -2.33. The summed E-state index contributed by atoms with van der Waals surface area (Å²) >= 11 is 0. The predicted octanol–water partition coefficient (Wildman–Crippen LogP) is 2.62. The summed E-state index contributed by atoms with van der Waals surface area (Å²) in [5.74, 6) is 0.731. The molecule has 1 fully saturated rings. The molecule has 1 saturated heterocycles. The van der Waals surface area contributed by atoms with E-state index < -0.39 is 0 Å². The van der Waals surface area contributed by atoms with Crippen molar-refractivity contribution in [1.29, 1.82) is 0 Å². The van der Waals surface area contributed by atoms with Crippen molar-refractivity contribution in [2.24, 2.45) is 0 Å². The Morgan fingerprint density at radius 1 is 1.30 bits per heavy atom. The molecular weight excluding hydrogens is 250 g/mol. The normalized spacial score (nSPS) is 17.9. The van der Waals surface area contributed by atoms with E-state index in [1.807, 2.05) is 12.3 Å². The van der Waals surface area contributed by atoms with E-state index in [-0.39, 0.29) is 0 Å². The first-order chi connectivity index (χ1) is 9.79. The molecule has 0 bridgehead atoms. The second kappa shape index (κ2) is 8.22. The molecule has 112 valence electrons. The van der Waals surface area contributed by atoms with Gasteiger partial charge in [-0.15, -0.1) is 0 Å². The van der Waals surface area contributed by atoms with Crippen molar-refractivity contribution in [2.75, 3.05) is 32.8 Å². The SMILES string of the molecule is CCNC(C)c1ccc(OCCN2CCCCC2)nc1. The quantitative estimate of drug-likeness (QED) is 0.831. The summed E-state index contributed by atoms with van der Waals surface area (Å²) in [5, 5.41) is 3.38. The van der Waals surface area contributed by atoms with E-state index in [9.17, 15) is 0 Å². The molecule has 4 nitrogen and oxygen atoms in total. The van der Waals surface area contributed by atoms with E-state index in [2.05, 4.69) is 35.1 Å². The summed E-state index contributed by atoms with van der Waals surface area (Å²) < 4.78 is 5.73. The van der Waals surface area contributed by atoms with Gasteiger partial charge in [-0.25, -0.2) is 4.98 Å². The van der Waals surface area contributed by atoms with E-state index in [1.165, 1.54) is 37.9 Å². The minimum absolute atomic E-state index is 0.342. The molecule has 2 rings (SSSR count). The van der Waals surface area contributed by atoms with Crippen molar-refractivity contribution < 1.29 is 4.74 Å². The van der Waals surface area contributed by atoms with Crippen molar-refractivity contribution in [3.8, 4) is 5.88 Å². The average molecular weight is 277 g/mol. The number of likely N-dealkylation sites (tertiary alicyclic amines) is 1. The third kappa shape index (κ3) is 4.76. The number of rotatable bonds is 7. The van der Waals surface area contributed by atoms with Crippen LogP contribution in [0.15, 0.2) is 18.3 Å². The van der Waals surface area contributed by atoms with Crippen molar-refractivity contribution in [3.05, 3.63) is 23.9 Å². The molecule has 0 amide bonds. The number of aromatic nitrogens is 1. The predicted molar refractivity (Wildman–Crippen MR) is 82.1 cm³/mol. The molecule has 1 aliphatic rings. The minimum Gasteiger partial charge on any atom is -0.476 e. The van der Waals surface area contributed by atoms with Crippen molar-refractivity contribution in [3.63, 3.8) is 0 Å². The molecule has 0 aliphatic carbocycles. The Morgan fingerprint density at radius 2 is 2.10 bits per heavy atom. The molecule has 1 aromatic rings. The summed E-state index contributed by atoms with van der Waals surface area (Å²) in [7, 11) is 0. The van der Waals surface area contributed by atoms with Crippen LogP contribution in [0.1, 0.15) is 44.7 Å². The van der Waals surface area contributed by atoms with Gasteiger partial charge >= 0.3 is 0 Å². The third-order valence-corrected chi connectivity index (χ3v) is 3.88. The van der Waals surface area contributed by atoms with E-state index in [4.69, 9.17) is 4.74 Å². The lowest BCUT2D eigenvalue weighted by Gasteiger charge is -2.26. The first-order valence-electron chi connectivity index (χ1n) is 7.84. The van der Waals surface area contributed by atoms with Crippen LogP contribution in [0.2, 0.25) is 0 Å². The summed E-state index contributed by atoms with van der Waals surface area (Å²) in [5.41, 5.74) is 1.20. The highest BCUT2D eigenvalue weighted by Crippen LogP contribution is 2.14. The molecule has 20 heavy (non-hydrogen) atoms. The first-order valence-corrected chi connectivity index (χ1v) is 7.84. The number of piperidine rings is 1. The van der Waals surface area contributed by atoms with Gasteiger partial charge in [0.25, 0.3) is 0 Å². The molecule has 4 heteroatoms. The van der Waals surface area contributed by atoms with Crippen LogP contribution in [-0.4, -0.2) is 42.7 Å². The molecule has 1 atom stereocenters. The van der Waals surface area contributed by atoms with E-state index >= 15 is 0 Å². The maximum Gasteiger partial charge on any atom is 0.213 e. The fraction of sp³-hybridized carbons (Fsp3) is 0.688. The molecule has 0 saturated carbocycles. The molecule has 1 unspecified atom stereocenters. The molecule has 1 aromatic heterocycles. The number of pyridine rings is 1. The number of ether oxygens (including phenoxy) is 1. The van der Waals surface area contributed by atoms with Gasteiger partial charge in [-0.05, 0) is 45.0 Å². The highest BCUT2D eigenvalue weighted by atomic mass is 16.5. The van der Waals surface area contributed by atoms with Gasteiger partial charge < -0.3 is 10.1 Å². The van der Waals surface area contributed by atoms with Gasteiger partial charge in [-0.1, -0.05) is 19.4 Å². The van der Waals surface area contributed by atoms with Gasteiger partial charge in [0.1, 0.15) is 6.61 Å². The summed E-state index contributed by atoms with van der Waals surface area (Å²) in [6, 6.07) is 4.41. The lowest BCUT2D eigenvalue weighted by molar-refractivity contribution is 0.180. The smallest absolute Gasteiger partial charge is 0.213 e. The van der Waals surface area contributed by atoms with Gasteiger partial charge in [0.15, 0.2) is 0 Å². The zero-order valence-electron chi connectivity index (χ0n) is 12.8. The van der Waals surface area contributed by atoms with E-state index in [0.29, 0.717) is 6.04 Å². The second-order valence-corrected chi connectivity index (χ2v) is 5.46. The summed E-state index contributed by atoms with van der Waals surface area (Å²) in [6.07, 6.45) is 5.94.